The molecule has 1 N–H and O–H groups in total. The van der Waals surface area contributed by atoms with Crippen LogP contribution in [-0.4, -0.2) is 50.2 Å². The number of methoxy groups -OCH3 is 1. The number of carbonyl (C=O) groups excluding carboxylic acids is 1. The summed E-state index contributed by atoms with van der Waals surface area (Å²) in [5.41, 5.74) is 2.88. The van der Waals surface area contributed by atoms with E-state index >= 15 is 0 Å². The van der Waals surface area contributed by atoms with E-state index in [4.69, 9.17) is 4.74 Å². The van der Waals surface area contributed by atoms with E-state index in [-0.39, 0.29) is 11.9 Å². The molecule has 0 unspecified atom stereocenters. The first-order chi connectivity index (χ1) is 15.6. The average Bonchev–Trinajstić information content (AvgIpc) is 3.53. The monoisotopic (exact) mass is 450 g/mol. The fraction of sp³-hybridized carbons (Fsp3) is 0.348. The van der Waals surface area contributed by atoms with Crippen LogP contribution in [0.15, 0.2) is 48.1 Å². The van der Waals surface area contributed by atoms with Gasteiger partial charge in [0.25, 0.3) is 5.91 Å². The number of benzene rings is 1. The zero-order valence-electron chi connectivity index (χ0n) is 18.2. The molecule has 0 bridgehead atoms. The van der Waals surface area contributed by atoms with Crippen LogP contribution < -0.4 is 10.1 Å². The maximum Gasteiger partial charge on any atom is 0.260 e. The maximum absolute atomic E-state index is 12.8. The number of piperidine rings is 1. The summed E-state index contributed by atoms with van der Waals surface area (Å²) >= 11 is 1.67. The molecule has 0 atom stereocenters. The van der Waals surface area contributed by atoms with Crippen LogP contribution in [-0.2, 0) is 6.54 Å². The molecule has 1 aliphatic rings. The second-order valence-electron chi connectivity index (χ2n) is 8.02. The zero-order chi connectivity index (χ0) is 22.1. The molecule has 8 nitrogen and oxygen atoms in total. The highest BCUT2D eigenvalue weighted by Crippen LogP contribution is 2.28. The Hall–Kier alpha value is -3.17. The van der Waals surface area contributed by atoms with Gasteiger partial charge in [0.15, 0.2) is 4.96 Å². The molecule has 1 aliphatic heterocycles. The number of ether oxygens (including phenoxy) is 1. The molecule has 0 radical (unpaired) electrons. The molecule has 1 fully saturated rings. The van der Waals surface area contributed by atoms with Crippen molar-refractivity contribution in [2.24, 2.45) is 0 Å². The molecule has 4 aromatic rings. The first kappa shape index (κ1) is 20.7. The number of amides is 1. The standard InChI is InChI=1S/C23H26N6O2S/c1-16-19(28-13-14-32-23(28)25-16)15-27-11-8-17(9-12-27)29-21(7-10-24-29)26-22(30)18-5-3-4-6-20(18)31-2/h3-7,10,13-14,17H,8-9,11-12,15H2,1-2H3,(H,26,30). The zero-order valence-corrected chi connectivity index (χ0v) is 19.0. The number of nitrogens with one attached hydrogen (secondary N) is 1. The summed E-state index contributed by atoms with van der Waals surface area (Å²) in [6.45, 7) is 4.93. The third kappa shape index (κ3) is 3.89. The summed E-state index contributed by atoms with van der Waals surface area (Å²) in [6, 6.07) is 9.33. The lowest BCUT2D eigenvalue weighted by Crippen LogP contribution is -2.35. The minimum absolute atomic E-state index is 0.197. The minimum Gasteiger partial charge on any atom is -0.496 e. The van der Waals surface area contributed by atoms with Gasteiger partial charge in [-0.05, 0) is 31.9 Å². The largest absolute Gasteiger partial charge is 0.496 e. The normalized spacial score (nSPS) is 15.3. The highest BCUT2D eigenvalue weighted by molar-refractivity contribution is 7.15. The van der Waals surface area contributed by atoms with Crippen molar-refractivity contribution < 1.29 is 9.53 Å². The van der Waals surface area contributed by atoms with Gasteiger partial charge in [0.1, 0.15) is 11.6 Å². The molecule has 32 heavy (non-hydrogen) atoms. The van der Waals surface area contributed by atoms with E-state index in [0.29, 0.717) is 17.1 Å². The number of aryl methyl sites for hydroxylation is 1. The molecule has 0 aliphatic carbocycles. The van der Waals surface area contributed by atoms with Crippen molar-refractivity contribution in [2.75, 3.05) is 25.5 Å². The molecule has 9 heteroatoms. The van der Waals surface area contributed by atoms with Crippen molar-refractivity contribution in [3.63, 3.8) is 0 Å². The number of para-hydroxylation sites is 1. The number of hydrogen-bond acceptors (Lipinski definition) is 6. The van der Waals surface area contributed by atoms with E-state index in [1.54, 1.807) is 36.8 Å². The molecule has 1 saturated heterocycles. The number of hydrogen-bond donors (Lipinski definition) is 1. The maximum atomic E-state index is 12.8. The van der Waals surface area contributed by atoms with Crippen LogP contribution in [0.2, 0.25) is 0 Å². The number of thiazole rings is 1. The molecule has 1 amide bonds. The van der Waals surface area contributed by atoms with Gasteiger partial charge in [-0.2, -0.15) is 5.10 Å². The Morgan fingerprint density at radius 1 is 1.25 bits per heavy atom. The topological polar surface area (TPSA) is 76.7 Å². The Kier molecular flexibility index (Phi) is 5.67. The van der Waals surface area contributed by atoms with E-state index in [1.165, 1.54) is 5.69 Å². The predicted molar refractivity (Wildman–Crippen MR) is 125 cm³/mol. The van der Waals surface area contributed by atoms with Crippen molar-refractivity contribution in [1.29, 1.82) is 0 Å². The fourth-order valence-corrected chi connectivity index (χ4v) is 5.16. The number of fused-ring (bicyclic) bond motifs is 1. The Labute approximate surface area is 190 Å². The second kappa shape index (κ2) is 8.76. The lowest BCUT2D eigenvalue weighted by atomic mass is 10.0. The summed E-state index contributed by atoms with van der Waals surface area (Å²) in [4.78, 5) is 21.0. The van der Waals surface area contributed by atoms with Gasteiger partial charge >= 0.3 is 0 Å². The number of rotatable bonds is 6. The number of likely N-dealkylation sites (tertiary alicyclic amines) is 1. The summed E-state index contributed by atoms with van der Waals surface area (Å²) in [5, 5.41) is 9.61. The second-order valence-corrected chi connectivity index (χ2v) is 8.90. The van der Waals surface area contributed by atoms with Gasteiger partial charge in [0, 0.05) is 37.3 Å². The number of nitrogens with zero attached hydrogens (tertiary/aromatic N) is 5. The Bertz CT molecular complexity index is 1230. The Morgan fingerprint density at radius 3 is 2.88 bits per heavy atom. The quantitative estimate of drug-likeness (QED) is 0.481. The number of anilines is 1. The van der Waals surface area contributed by atoms with E-state index in [1.807, 2.05) is 22.9 Å². The van der Waals surface area contributed by atoms with Gasteiger partial charge in [-0.3, -0.25) is 14.1 Å². The van der Waals surface area contributed by atoms with E-state index < -0.39 is 0 Å². The lowest BCUT2D eigenvalue weighted by molar-refractivity contribution is 0.102. The third-order valence-corrected chi connectivity index (χ3v) is 6.86. The van der Waals surface area contributed by atoms with Gasteiger partial charge in [0.2, 0.25) is 0 Å². The van der Waals surface area contributed by atoms with Crippen LogP contribution in [0.4, 0.5) is 5.82 Å². The van der Waals surface area contributed by atoms with Gasteiger partial charge in [-0.15, -0.1) is 11.3 Å². The predicted octanol–water partition coefficient (Wildman–Crippen LogP) is 4.00. The van der Waals surface area contributed by atoms with Gasteiger partial charge in [-0.25, -0.2) is 9.67 Å². The fourth-order valence-electron chi connectivity index (χ4n) is 4.39. The molecule has 0 spiro atoms. The van der Waals surface area contributed by atoms with Crippen LogP contribution >= 0.6 is 11.3 Å². The number of imidazole rings is 1. The number of carbonyl (C=O) groups is 1. The van der Waals surface area contributed by atoms with E-state index in [9.17, 15) is 4.79 Å². The summed E-state index contributed by atoms with van der Waals surface area (Å²) in [6.07, 6.45) is 5.79. The van der Waals surface area contributed by atoms with Crippen LogP contribution in [0.5, 0.6) is 5.75 Å². The molecule has 4 heterocycles. The SMILES string of the molecule is COc1ccccc1C(=O)Nc1ccnn1C1CCN(Cc2c(C)nc3sccn23)CC1. The van der Waals surface area contributed by atoms with Crippen LogP contribution in [0.3, 0.4) is 0 Å². The molecule has 0 saturated carbocycles. The number of aromatic nitrogens is 4. The Balaban J connectivity index is 1.24. The highest BCUT2D eigenvalue weighted by atomic mass is 32.1. The lowest BCUT2D eigenvalue weighted by Gasteiger charge is -2.32. The Morgan fingerprint density at radius 2 is 2.06 bits per heavy atom. The van der Waals surface area contributed by atoms with Crippen molar-refractivity contribution >= 4 is 28.0 Å². The van der Waals surface area contributed by atoms with Crippen molar-refractivity contribution in [3.8, 4) is 5.75 Å². The highest BCUT2D eigenvalue weighted by Gasteiger charge is 2.25. The van der Waals surface area contributed by atoms with E-state index in [0.717, 1.165) is 43.1 Å². The van der Waals surface area contributed by atoms with Gasteiger partial charge in [-0.1, -0.05) is 12.1 Å². The molecular weight excluding hydrogens is 424 g/mol. The van der Waals surface area contributed by atoms with Crippen LogP contribution in [0.1, 0.15) is 40.6 Å². The first-order valence-electron chi connectivity index (χ1n) is 10.8. The van der Waals surface area contributed by atoms with Crippen LogP contribution in [0.25, 0.3) is 4.96 Å². The van der Waals surface area contributed by atoms with Crippen molar-refractivity contribution in [1.82, 2.24) is 24.1 Å². The van der Waals surface area contributed by atoms with Crippen molar-refractivity contribution in [3.05, 3.63) is 65.1 Å². The smallest absolute Gasteiger partial charge is 0.260 e. The summed E-state index contributed by atoms with van der Waals surface area (Å²) in [7, 11) is 1.57. The van der Waals surface area contributed by atoms with Gasteiger partial charge < -0.3 is 10.1 Å². The van der Waals surface area contributed by atoms with Crippen LogP contribution in [0, 0.1) is 6.92 Å². The third-order valence-electron chi connectivity index (χ3n) is 6.10. The summed E-state index contributed by atoms with van der Waals surface area (Å²) < 4.78 is 9.47. The minimum atomic E-state index is -0.197. The molecule has 5 rings (SSSR count). The molecule has 3 aromatic heterocycles. The van der Waals surface area contributed by atoms with E-state index in [2.05, 4.69) is 43.2 Å². The molecular formula is C23H26N6O2S. The first-order valence-corrected chi connectivity index (χ1v) is 11.6. The molecule has 1 aromatic carbocycles. The van der Waals surface area contributed by atoms with Crippen molar-refractivity contribution in [2.45, 2.75) is 32.4 Å². The average molecular weight is 451 g/mol. The van der Waals surface area contributed by atoms with Gasteiger partial charge in [0.05, 0.1) is 36.3 Å². The summed E-state index contributed by atoms with van der Waals surface area (Å²) in [5.74, 6) is 1.07. The molecule has 166 valence electrons.